The van der Waals surface area contributed by atoms with Crippen LogP contribution in [-0.2, 0) is 14.4 Å². The smallest absolute Gasteiger partial charge is 0.263 e. The fourth-order valence-corrected chi connectivity index (χ4v) is 1.62. The standard InChI is InChI=1S/C12H22N2O3/c1-12(2,3)17-13-10(15)9-14-8-6-4-5-7-11(14)16/h4-9H2,1-3H3,(H,13,15). The molecule has 1 N–H and O–H groups in total. The fraction of sp³-hybridized carbons (Fsp3) is 0.833. The Morgan fingerprint density at radius 3 is 2.71 bits per heavy atom. The van der Waals surface area contributed by atoms with Crippen molar-refractivity contribution in [3.8, 4) is 0 Å². The van der Waals surface area contributed by atoms with Gasteiger partial charge in [-0.2, -0.15) is 0 Å². The topological polar surface area (TPSA) is 58.6 Å². The maximum Gasteiger partial charge on any atom is 0.263 e. The van der Waals surface area contributed by atoms with E-state index in [1.54, 1.807) is 4.90 Å². The van der Waals surface area contributed by atoms with Crippen LogP contribution in [0.4, 0.5) is 0 Å². The lowest BCUT2D eigenvalue weighted by Gasteiger charge is -2.22. The molecule has 1 aliphatic rings. The molecule has 0 bridgehead atoms. The van der Waals surface area contributed by atoms with Crippen LogP contribution < -0.4 is 5.48 Å². The van der Waals surface area contributed by atoms with Crippen LogP contribution in [0.2, 0.25) is 0 Å². The predicted octanol–water partition coefficient (Wildman–Crippen LogP) is 1.24. The van der Waals surface area contributed by atoms with Gasteiger partial charge in [-0.25, -0.2) is 5.48 Å². The largest absolute Gasteiger partial charge is 0.333 e. The summed E-state index contributed by atoms with van der Waals surface area (Å²) >= 11 is 0. The second-order valence-electron chi connectivity index (χ2n) is 5.37. The summed E-state index contributed by atoms with van der Waals surface area (Å²) in [5, 5.41) is 0. The molecule has 1 saturated heterocycles. The summed E-state index contributed by atoms with van der Waals surface area (Å²) in [6, 6.07) is 0. The van der Waals surface area contributed by atoms with Crippen molar-refractivity contribution in [2.45, 2.75) is 52.1 Å². The Labute approximate surface area is 102 Å². The molecule has 2 amide bonds. The predicted molar refractivity (Wildman–Crippen MR) is 64.0 cm³/mol. The van der Waals surface area contributed by atoms with Crippen LogP contribution in [0.5, 0.6) is 0 Å². The van der Waals surface area contributed by atoms with Crippen molar-refractivity contribution in [1.29, 1.82) is 0 Å². The van der Waals surface area contributed by atoms with Crippen LogP contribution in [0.15, 0.2) is 0 Å². The van der Waals surface area contributed by atoms with Gasteiger partial charge in [-0.15, -0.1) is 0 Å². The number of hydroxylamine groups is 1. The van der Waals surface area contributed by atoms with Gasteiger partial charge in [0.25, 0.3) is 5.91 Å². The maximum atomic E-state index is 11.7. The van der Waals surface area contributed by atoms with Crippen LogP contribution in [0, 0.1) is 0 Å². The Bertz CT molecular complexity index is 284. The number of nitrogens with zero attached hydrogens (tertiary/aromatic N) is 1. The van der Waals surface area contributed by atoms with Crippen molar-refractivity contribution in [2.24, 2.45) is 0 Å². The molecular weight excluding hydrogens is 220 g/mol. The molecule has 0 aliphatic carbocycles. The first kappa shape index (κ1) is 14.0. The third kappa shape index (κ3) is 5.68. The molecule has 5 heteroatoms. The highest BCUT2D eigenvalue weighted by molar-refractivity contribution is 5.84. The number of hydrogen-bond acceptors (Lipinski definition) is 3. The van der Waals surface area contributed by atoms with Gasteiger partial charge in [-0.3, -0.25) is 14.4 Å². The van der Waals surface area contributed by atoms with Crippen LogP contribution in [-0.4, -0.2) is 35.4 Å². The van der Waals surface area contributed by atoms with Crippen molar-refractivity contribution < 1.29 is 14.4 Å². The minimum atomic E-state index is -0.418. The third-order valence-electron chi connectivity index (χ3n) is 2.48. The summed E-state index contributed by atoms with van der Waals surface area (Å²) in [6.45, 7) is 6.32. The molecule has 0 atom stereocenters. The van der Waals surface area contributed by atoms with Gasteiger partial charge in [-0.05, 0) is 33.6 Å². The number of nitrogens with one attached hydrogen (secondary N) is 1. The second-order valence-corrected chi connectivity index (χ2v) is 5.37. The van der Waals surface area contributed by atoms with Gasteiger partial charge in [0.15, 0.2) is 0 Å². The van der Waals surface area contributed by atoms with Gasteiger partial charge in [0, 0.05) is 13.0 Å². The summed E-state index contributed by atoms with van der Waals surface area (Å²) in [6.07, 6.45) is 3.50. The molecule has 0 radical (unpaired) electrons. The molecular formula is C12H22N2O3. The number of carbonyl (C=O) groups excluding carboxylic acids is 2. The molecule has 5 nitrogen and oxygen atoms in total. The summed E-state index contributed by atoms with van der Waals surface area (Å²) < 4.78 is 0. The summed E-state index contributed by atoms with van der Waals surface area (Å²) in [7, 11) is 0. The normalized spacial score (nSPS) is 17.8. The lowest BCUT2D eigenvalue weighted by atomic mass is 10.2. The summed E-state index contributed by atoms with van der Waals surface area (Å²) in [5.74, 6) is -0.205. The molecule has 1 fully saturated rings. The number of hydrogen-bond donors (Lipinski definition) is 1. The van der Waals surface area contributed by atoms with E-state index in [4.69, 9.17) is 4.84 Å². The first-order valence-electron chi connectivity index (χ1n) is 6.13. The van der Waals surface area contributed by atoms with Crippen LogP contribution in [0.3, 0.4) is 0 Å². The van der Waals surface area contributed by atoms with Crippen molar-refractivity contribution in [1.82, 2.24) is 10.4 Å². The molecule has 0 spiro atoms. The summed E-state index contributed by atoms with van der Waals surface area (Å²) in [4.78, 5) is 30.0. The van der Waals surface area contributed by atoms with E-state index >= 15 is 0 Å². The molecule has 0 aromatic heterocycles. The van der Waals surface area contributed by atoms with Crippen molar-refractivity contribution in [3.63, 3.8) is 0 Å². The Balaban J connectivity index is 2.36. The van der Waals surface area contributed by atoms with Crippen molar-refractivity contribution in [3.05, 3.63) is 0 Å². The lowest BCUT2D eigenvalue weighted by Crippen LogP contribution is -2.42. The van der Waals surface area contributed by atoms with E-state index in [1.165, 1.54) is 0 Å². The highest BCUT2D eigenvalue weighted by Crippen LogP contribution is 2.10. The Kier molecular flexibility index (Phi) is 4.93. The average Bonchev–Trinajstić information content (AvgIpc) is 2.41. The van der Waals surface area contributed by atoms with Crippen LogP contribution in [0.25, 0.3) is 0 Å². The average molecular weight is 242 g/mol. The van der Waals surface area contributed by atoms with Crippen molar-refractivity contribution >= 4 is 11.8 Å². The van der Waals surface area contributed by atoms with Gasteiger partial charge in [0.1, 0.15) is 6.54 Å². The first-order chi connectivity index (χ1) is 7.88. The zero-order chi connectivity index (χ0) is 12.9. The van der Waals surface area contributed by atoms with Crippen molar-refractivity contribution in [2.75, 3.05) is 13.1 Å². The lowest BCUT2D eigenvalue weighted by molar-refractivity contribution is -0.149. The molecule has 0 aromatic rings. The van der Waals surface area contributed by atoms with E-state index in [0.717, 1.165) is 19.3 Å². The minimum absolute atomic E-state index is 0.0633. The van der Waals surface area contributed by atoms with Crippen LogP contribution >= 0.6 is 0 Å². The monoisotopic (exact) mass is 242 g/mol. The zero-order valence-electron chi connectivity index (χ0n) is 10.9. The highest BCUT2D eigenvalue weighted by Gasteiger charge is 2.20. The van der Waals surface area contributed by atoms with E-state index in [-0.39, 0.29) is 18.4 Å². The van der Waals surface area contributed by atoms with E-state index in [2.05, 4.69) is 5.48 Å². The maximum absolute atomic E-state index is 11.7. The Hall–Kier alpha value is -1.10. The third-order valence-corrected chi connectivity index (χ3v) is 2.48. The number of amides is 2. The molecule has 0 unspecified atom stereocenters. The van der Waals surface area contributed by atoms with Gasteiger partial charge < -0.3 is 4.90 Å². The Morgan fingerprint density at radius 1 is 1.35 bits per heavy atom. The number of likely N-dealkylation sites (tertiary alicyclic amines) is 1. The molecule has 1 aliphatic heterocycles. The van der Waals surface area contributed by atoms with Gasteiger partial charge in [0.05, 0.1) is 5.60 Å². The first-order valence-corrected chi connectivity index (χ1v) is 6.13. The quantitative estimate of drug-likeness (QED) is 0.757. The Morgan fingerprint density at radius 2 is 2.06 bits per heavy atom. The van der Waals surface area contributed by atoms with Crippen LogP contribution in [0.1, 0.15) is 46.5 Å². The van der Waals surface area contributed by atoms with E-state index in [1.807, 2.05) is 20.8 Å². The number of rotatable bonds is 3. The zero-order valence-corrected chi connectivity index (χ0v) is 10.9. The van der Waals surface area contributed by atoms with E-state index in [0.29, 0.717) is 13.0 Å². The fourth-order valence-electron chi connectivity index (χ4n) is 1.62. The van der Waals surface area contributed by atoms with Gasteiger partial charge in [0.2, 0.25) is 5.91 Å². The highest BCUT2D eigenvalue weighted by atomic mass is 16.7. The molecule has 1 heterocycles. The molecule has 98 valence electrons. The molecule has 0 saturated carbocycles. The van der Waals surface area contributed by atoms with Gasteiger partial charge in [-0.1, -0.05) is 6.42 Å². The second kappa shape index (κ2) is 6.00. The SMILES string of the molecule is CC(C)(C)ONC(=O)CN1CCCCCC1=O. The molecule has 1 rings (SSSR count). The minimum Gasteiger partial charge on any atom is -0.333 e. The van der Waals surface area contributed by atoms with Gasteiger partial charge >= 0.3 is 0 Å². The number of carbonyl (C=O) groups is 2. The molecule has 17 heavy (non-hydrogen) atoms. The van der Waals surface area contributed by atoms with E-state index in [9.17, 15) is 9.59 Å². The molecule has 0 aromatic carbocycles. The summed E-state index contributed by atoms with van der Waals surface area (Å²) in [5.41, 5.74) is 1.96. The van der Waals surface area contributed by atoms with E-state index < -0.39 is 5.60 Å².